The van der Waals surface area contributed by atoms with Crippen molar-refractivity contribution in [3.8, 4) is 10.4 Å². The van der Waals surface area contributed by atoms with Crippen molar-refractivity contribution < 1.29 is 0 Å². The highest BCUT2D eigenvalue weighted by Crippen LogP contribution is 2.58. The molecule has 2 aliphatic heterocycles. The highest BCUT2D eigenvalue weighted by molar-refractivity contribution is 9.14. The van der Waals surface area contributed by atoms with Gasteiger partial charge < -0.3 is 0 Å². The van der Waals surface area contributed by atoms with Crippen LogP contribution in [0.4, 0.5) is 0 Å². The molecule has 8 heteroatoms. The molecule has 2 aliphatic rings. The maximum absolute atomic E-state index is 4.01. The fraction of sp³-hybridized carbons (Fsp3) is 0.389. The first kappa shape index (κ1) is 33.6. The van der Waals surface area contributed by atoms with Crippen molar-refractivity contribution in [3.63, 3.8) is 0 Å². The predicted octanol–water partition coefficient (Wildman–Crippen LogP) is 13.4. The zero-order valence-electron chi connectivity index (χ0n) is 25.2. The van der Waals surface area contributed by atoms with Crippen LogP contribution in [0.25, 0.3) is 20.3 Å². The monoisotopic (exact) mass is 820 g/mol. The fourth-order valence-electron chi connectivity index (χ4n) is 6.31. The topological polar surface area (TPSA) is 0 Å². The van der Waals surface area contributed by atoms with Crippen LogP contribution in [-0.2, 0) is 5.41 Å². The van der Waals surface area contributed by atoms with Crippen LogP contribution in [0.15, 0.2) is 73.4 Å². The Hall–Kier alpha value is -0.320. The second-order valence-corrected chi connectivity index (χ2v) is 20.3. The molecule has 0 saturated heterocycles. The summed E-state index contributed by atoms with van der Waals surface area (Å²) in [5, 5.41) is 12.0. The van der Waals surface area contributed by atoms with E-state index < -0.39 is 0 Å². The number of thiophene rings is 4. The second kappa shape index (κ2) is 15.7. The first-order chi connectivity index (χ1) is 21.6. The van der Waals surface area contributed by atoms with Crippen LogP contribution in [0.1, 0.15) is 82.9 Å². The van der Waals surface area contributed by atoms with Crippen molar-refractivity contribution in [2.24, 2.45) is 0 Å². The Bertz CT molecular complexity index is 1840. The lowest BCUT2D eigenvalue weighted by atomic mass is 9.78. The van der Waals surface area contributed by atoms with Gasteiger partial charge >= 0.3 is 0 Å². The SMILES string of the molecule is CCCCCCC1=CC(Br)SC1=c1sccc1=c1sccc1=C1SC(Br)=CC1(CCCCCC)c1sccc1-c1cccs1. The van der Waals surface area contributed by atoms with Crippen molar-refractivity contribution in [3.05, 3.63) is 97.8 Å². The van der Waals surface area contributed by atoms with Crippen molar-refractivity contribution in [2.45, 2.75) is 87.6 Å². The first-order valence-electron chi connectivity index (χ1n) is 15.7. The van der Waals surface area contributed by atoms with E-state index in [2.05, 4.69) is 110 Å². The minimum atomic E-state index is -0.128. The summed E-state index contributed by atoms with van der Waals surface area (Å²) in [7, 11) is 0. The number of alkyl halides is 1. The van der Waals surface area contributed by atoms with E-state index in [0.29, 0.717) is 4.16 Å². The van der Waals surface area contributed by atoms with Crippen LogP contribution in [0.2, 0.25) is 0 Å². The van der Waals surface area contributed by atoms with Gasteiger partial charge in [0.05, 0.1) is 13.4 Å². The average Bonchev–Trinajstić information content (AvgIpc) is 3.85. The molecule has 6 heterocycles. The quantitative estimate of drug-likeness (QED) is 0.103. The van der Waals surface area contributed by atoms with Crippen molar-refractivity contribution in [1.82, 2.24) is 0 Å². The lowest BCUT2D eigenvalue weighted by molar-refractivity contribution is 0.557. The van der Waals surface area contributed by atoms with E-state index >= 15 is 0 Å². The lowest BCUT2D eigenvalue weighted by Crippen LogP contribution is -2.26. The molecule has 0 fully saturated rings. The van der Waals surface area contributed by atoms with Crippen LogP contribution in [0.5, 0.6) is 0 Å². The molecule has 0 N–H and O–H groups in total. The summed E-state index contributed by atoms with van der Waals surface area (Å²) in [6.45, 7) is 4.60. The maximum Gasteiger partial charge on any atom is 0.0833 e. The van der Waals surface area contributed by atoms with Gasteiger partial charge in [0.1, 0.15) is 0 Å². The molecule has 0 bridgehead atoms. The molecule has 232 valence electrons. The van der Waals surface area contributed by atoms with Crippen LogP contribution in [0.3, 0.4) is 0 Å². The lowest BCUT2D eigenvalue weighted by Gasteiger charge is -2.29. The van der Waals surface area contributed by atoms with E-state index in [4.69, 9.17) is 0 Å². The molecule has 0 radical (unpaired) electrons. The highest BCUT2D eigenvalue weighted by atomic mass is 79.9. The zero-order chi connectivity index (χ0) is 30.5. The van der Waals surface area contributed by atoms with Gasteiger partial charge in [0, 0.05) is 44.6 Å². The molecule has 0 aliphatic carbocycles. The zero-order valence-corrected chi connectivity index (χ0v) is 33.3. The van der Waals surface area contributed by atoms with E-state index in [1.165, 1.54) is 112 Å². The van der Waals surface area contributed by atoms with Gasteiger partial charge in [-0.05, 0) is 92.6 Å². The Morgan fingerprint density at radius 3 is 2.30 bits per heavy atom. The third kappa shape index (κ3) is 7.08. The Morgan fingerprint density at radius 1 is 0.773 bits per heavy atom. The molecule has 0 spiro atoms. The predicted molar refractivity (Wildman–Crippen MR) is 212 cm³/mol. The maximum atomic E-state index is 4.01. The Morgan fingerprint density at radius 2 is 1.52 bits per heavy atom. The standard InChI is InChI=1S/C36H38Br2S6/c1-3-5-7-9-12-24-22-29(37)43-31(24)33-26(15-19-41-33)32-27(16-20-40-32)35-36(23-30(38)44-35,17-10-8-6-4-2)34-25(14-21-42-34)28-13-11-18-39-28/h11,13-16,18-23,29H,3-10,12,17H2,1-2H3. The molecule has 4 aromatic heterocycles. The summed E-state index contributed by atoms with van der Waals surface area (Å²) in [5.74, 6) is 0. The first-order valence-corrected chi connectivity index (χ1v) is 22.6. The third-order valence-electron chi connectivity index (χ3n) is 8.43. The van der Waals surface area contributed by atoms with Gasteiger partial charge in [0.15, 0.2) is 0 Å². The average molecular weight is 823 g/mol. The normalized spacial score (nSPS) is 23.4. The minimum absolute atomic E-state index is 0.128. The molecule has 0 nitrogen and oxygen atoms in total. The Balaban J connectivity index is 1.57. The van der Waals surface area contributed by atoms with Gasteiger partial charge in [-0.3, -0.25) is 0 Å². The summed E-state index contributed by atoms with van der Waals surface area (Å²) in [6, 6.07) is 11.6. The second-order valence-electron chi connectivity index (χ2n) is 11.4. The van der Waals surface area contributed by atoms with Crippen LogP contribution in [-0.4, -0.2) is 4.16 Å². The largest absolute Gasteiger partial charge is 0.147 e. The fourth-order valence-corrected chi connectivity index (χ4v) is 14.5. The molecular weight excluding hydrogens is 785 g/mol. The number of unbranched alkanes of at least 4 members (excludes halogenated alkanes) is 6. The Kier molecular flexibility index (Phi) is 12.0. The summed E-state index contributed by atoms with van der Waals surface area (Å²) < 4.78 is 4.47. The van der Waals surface area contributed by atoms with Gasteiger partial charge in [0.2, 0.25) is 0 Å². The van der Waals surface area contributed by atoms with Gasteiger partial charge in [-0.2, -0.15) is 0 Å². The van der Waals surface area contributed by atoms with Gasteiger partial charge in [0.25, 0.3) is 0 Å². The van der Waals surface area contributed by atoms with Gasteiger partial charge in [-0.1, -0.05) is 98.6 Å². The Labute approximate surface area is 303 Å². The summed E-state index contributed by atoms with van der Waals surface area (Å²) >= 11 is 19.5. The van der Waals surface area contributed by atoms with Crippen LogP contribution in [0, 0.1) is 9.75 Å². The van der Waals surface area contributed by atoms with Gasteiger partial charge in [-0.15, -0.1) is 57.1 Å². The number of thioether (sulfide) groups is 2. The summed E-state index contributed by atoms with van der Waals surface area (Å²) in [6.07, 6.45) is 17.6. The van der Waals surface area contributed by atoms with Crippen LogP contribution >= 0.6 is 101 Å². The van der Waals surface area contributed by atoms with E-state index in [1.807, 2.05) is 68.9 Å². The molecule has 0 amide bonds. The van der Waals surface area contributed by atoms with Crippen molar-refractivity contribution >= 4 is 111 Å². The number of hydrogen-bond acceptors (Lipinski definition) is 6. The smallest absolute Gasteiger partial charge is 0.0833 e. The molecule has 44 heavy (non-hydrogen) atoms. The molecule has 4 aromatic rings. The number of rotatable bonds is 12. The molecule has 2 atom stereocenters. The molecule has 0 saturated carbocycles. The molecule has 0 aromatic carbocycles. The summed E-state index contributed by atoms with van der Waals surface area (Å²) in [5.41, 5.74) is 2.81. The van der Waals surface area contributed by atoms with Crippen molar-refractivity contribution in [1.29, 1.82) is 0 Å². The third-order valence-corrected chi connectivity index (χ3v) is 16.1. The number of hydrogen-bond donors (Lipinski definition) is 0. The number of allylic oxidation sites excluding steroid dienone is 1. The van der Waals surface area contributed by atoms with E-state index in [0.717, 1.165) is 6.42 Å². The molecule has 6 rings (SSSR count). The number of halogens is 2. The van der Waals surface area contributed by atoms with E-state index in [-0.39, 0.29) is 5.41 Å². The summed E-state index contributed by atoms with van der Waals surface area (Å²) in [4.78, 5) is 5.85. The van der Waals surface area contributed by atoms with Crippen LogP contribution < -0.4 is 9.75 Å². The molecular formula is C36H38Br2S6. The molecule has 2 unspecified atom stereocenters. The highest BCUT2D eigenvalue weighted by Gasteiger charge is 2.42. The van der Waals surface area contributed by atoms with E-state index in [9.17, 15) is 0 Å². The minimum Gasteiger partial charge on any atom is -0.147 e. The van der Waals surface area contributed by atoms with Crippen molar-refractivity contribution in [2.75, 3.05) is 0 Å². The van der Waals surface area contributed by atoms with E-state index in [1.54, 1.807) is 0 Å². The van der Waals surface area contributed by atoms with Gasteiger partial charge in [-0.25, -0.2) is 0 Å².